The summed E-state index contributed by atoms with van der Waals surface area (Å²) in [6.07, 6.45) is 2.85. The second-order valence-electron chi connectivity index (χ2n) is 3.63. The number of hydrogen-bond acceptors (Lipinski definition) is 4. The van der Waals surface area contributed by atoms with E-state index in [1.807, 2.05) is 0 Å². The zero-order chi connectivity index (χ0) is 14.5. The van der Waals surface area contributed by atoms with Gasteiger partial charge >= 0.3 is 12.0 Å². The molecule has 2 aromatic rings. The van der Waals surface area contributed by atoms with Crippen LogP contribution >= 0.6 is 11.6 Å². The molecular weight excluding hydrogens is 284 g/mol. The number of rotatable bonds is 3. The van der Waals surface area contributed by atoms with Gasteiger partial charge in [0, 0.05) is 12.4 Å². The summed E-state index contributed by atoms with van der Waals surface area (Å²) in [5.41, 5.74) is 0.194. The Bertz CT molecular complexity index is 663. The molecule has 0 spiro atoms. The summed E-state index contributed by atoms with van der Waals surface area (Å²) >= 11 is 5.79. The van der Waals surface area contributed by atoms with Crippen LogP contribution in [0.25, 0.3) is 0 Å². The Balaban J connectivity index is 2.13. The van der Waals surface area contributed by atoms with Gasteiger partial charge in [0.2, 0.25) is 0 Å². The van der Waals surface area contributed by atoms with Crippen molar-refractivity contribution in [1.82, 2.24) is 9.97 Å². The molecule has 2 amide bonds. The first kappa shape index (κ1) is 13.8. The summed E-state index contributed by atoms with van der Waals surface area (Å²) in [6, 6.07) is 5.30. The van der Waals surface area contributed by atoms with E-state index in [0.717, 1.165) is 0 Å². The van der Waals surface area contributed by atoms with Gasteiger partial charge in [0.25, 0.3) is 0 Å². The Morgan fingerprint density at radius 3 is 2.50 bits per heavy atom. The van der Waals surface area contributed by atoms with Crippen molar-refractivity contribution in [1.29, 1.82) is 0 Å². The van der Waals surface area contributed by atoms with Crippen molar-refractivity contribution >= 4 is 35.1 Å². The zero-order valence-corrected chi connectivity index (χ0v) is 10.8. The maximum absolute atomic E-state index is 11.8. The van der Waals surface area contributed by atoms with E-state index < -0.39 is 12.0 Å². The molecule has 0 radical (unpaired) electrons. The number of pyridine rings is 2. The molecule has 0 fully saturated rings. The van der Waals surface area contributed by atoms with Gasteiger partial charge in [0.05, 0.1) is 5.69 Å². The molecule has 0 aliphatic heterocycles. The second-order valence-corrected chi connectivity index (χ2v) is 3.98. The summed E-state index contributed by atoms with van der Waals surface area (Å²) in [5, 5.41) is 13.9. The van der Waals surface area contributed by atoms with E-state index >= 15 is 0 Å². The number of aromatic nitrogens is 2. The van der Waals surface area contributed by atoms with Crippen molar-refractivity contribution in [3.8, 4) is 0 Å². The quantitative estimate of drug-likeness (QED) is 0.754. The van der Waals surface area contributed by atoms with Crippen LogP contribution in [0.2, 0.25) is 5.15 Å². The predicted molar refractivity (Wildman–Crippen MR) is 73.1 cm³/mol. The number of hydrogen-bond donors (Lipinski definition) is 3. The van der Waals surface area contributed by atoms with Gasteiger partial charge in [0.1, 0.15) is 11.4 Å². The fourth-order valence-electron chi connectivity index (χ4n) is 1.42. The second kappa shape index (κ2) is 5.98. The molecule has 0 unspecified atom stereocenters. The molecule has 7 nitrogen and oxygen atoms in total. The maximum atomic E-state index is 11.8. The molecule has 0 saturated carbocycles. The molecule has 0 aliphatic carbocycles. The van der Waals surface area contributed by atoms with Crippen LogP contribution in [0.15, 0.2) is 36.7 Å². The van der Waals surface area contributed by atoms with E-state index in [4.69, 9.17) is 16.7 Å². The monoisotopic (exact) mass is 292 g/mol. The van der Waals surface area contributed by atoms with E-state index in [1.165, 1.54) is 24.5 Å². The Kier molecular flexibility index (Phi) is 4.11. The highest BCUT2D eigenvalue weighted by molar-refractivity contribution is 6.32. The van der Waals surface area contributed by atoms with Crippen molar-refractivity contribution < 1.29 is 14.7 Å². The molecule has 20 heavy (non-hydrogen) atoms. The molecule has 102 valence electrons. The van der Waals surface area contributed by atoms with Gasteiger partial charge in [-0.1, -0.05) is 11.6 Å². The van der Waals surface area contributed by atoms with Crippen LogP contribution in [-0.2, 0) is 0 Å². The highest BCUT2D eigenvalue weighted by Gasteiger charge is 2.13. The minimum Gasteiger partial charge on any atom is -0.478 e. The standard InChI is InChI=1S/C12H9ClN4O3/c13-9-8(4-2-5-14-9)16-12(20)17-10-7(11(18)19)3-1-6-15-10/h1-6H,(H,18,19)(H2,15,16,17,20). The van der Waals surface area contributed by atoms with Crippen LogP contribution in [0.5, 0.6) is 0 Å². The lowest BCUT2D eigenvalue weighted by atomic mass is 10.2. The lowest BCUT2D eigenvalue weighted by molar-refractivity contribution is 0.0697. The molecule has 2 aromatic heterocycles. The number of urea groups is 1. The fraction of sp³-hybridized carbons (Fsp3) is 0. The minimum absolute atomic E-state index is 0.0579. The fourth-order valence-corrected chi connectivity index (χ4v) is 1.58. The summed E-state index contributed by atoms with van der Waals surface area (Å²) < 4.78 is 0. The topological polar surface area (TPSA) is 104 Å². The van der Waals surface area contributed by atoms with Crippen molar-refractivity contribution in [2.75, 3.05) is 10.6 Å². The molecule has 3 N–H and O–H groups in total. The van der Waals surface area contributed by atoms with Crippen LogP contribution in [-0.4, -0.2) is 27.1 Å². The van der Waals surface area contributed by atoms with E-state index in [0.29, 0.717) is 5.69 Å². The average molecular weight is 293 g/mol. The molecule has 0 saturated heterocycles. The van der Waals surface area contributed by atoms with Crippen LogP contribution in [0.3, 0.4) is 0 Å². The third kappa shape index (κ3) is 3.21. The first-order chi connectivity index (χ1) is 9.58. The van der Waals surface area contributed by atoms with Crippen molar-refractivity contribution in [3.05, 3.63) is 47.4 Å². The van der Waals surface area contributed by atoms with E-state index in [9.17, 15) is 9.59 Å². The Morgan fingerprint density at radius 2 is 1.80 bits per heavy atom. The average Bonchev–Trinajstić information content (AvgIpc) is 2.41. The number of carboxylic acids is 1. The number of anilines is 2. The largest absolute Gasteiger partial charge is 0.478 e. The summed E-state index contributed by atoms with van der Waals surface area (Å²) in [6.45, 7) is 0. The van der Waals surface area contributed by atoms with E-state index in [2.05, 4.69) is 20.6 Å². The van der Waals surface area contributed by atoms with Crippen molar-refractivity contribution in [3.63, 3.8) is 0 Å². The maximum Gasteiger partial charge on any atom is 0.339 e. The van der Waals surface area contributed by atoms with E-state index in [1.54, 1.807) is 12.1 Å². The summed E-state index contributed by atoms with van der Waals surface area (Å²) in [7, 11) is 0. The van der Waals surface area contributed by atoms with Gasteiger partial charge in [-0.2, -0.15) is 0 Å². The van der Waals surface area contributed by atoms with Crippen LogP contribution in [0.4, 0.5) is 16.3 Å². The minimum atomic E-state index is -1.19. The molecule has 8 heteroatoms. The lowest BCUT2D eigenvalue weighted by Gasteiger charge is -2.09. The molecule has 2 heterocycles. The van der Waals surface area contributed by atoms with Crippen molar-refractivity contribution in [2.24, 2.45) is 0 Å². The van der Waals surface area contributed by atoms with Crippen LogP contribution < -0.4 is 10.6 Å². The van der Waals surface area contributed by atoms with Gasteiger partial charge in [-0.25, -0.2) is 19.6 Å². The molecule has 0 bridgehead atoms. The molecule has 2 rings (SSSR count). The molecule has 0 atom stereocenters. The first-order valence-corrected chi connectivity index (χ1v) is 5.82. The van der Waals surface area contributed by atoms with Crippen LogP contribution in [0, 0.1) is 0 Å². The van der Waals surface area contributed by atoms with Gasteiger partial charge < -0.3 is 10.4 Å². The summed E-state index contributed by atoms with van der Waals surface area (Å²) in [5.74, 6) is -1.25. The number of amides is 2. The van der Waals surface area contributed by atoms with E-state index in [-0.39, 0.29) is 16.5 Å². The third-order valence-corrected chi connectivity index (χ3v) is 2.58. The lowest BCUT2D eigenvalue weighted by Crippen LogP contribution is -2.22. The molecular formula is C12H9ClN4O3. The Hall–Kier alpha value is -2.67. The number of nitrogens with one attached hydrogen (secondary N) is 2. The predicted octanol–water partition coefficient (Wildman–Crippen LogP) is 2.47. The number of carboxylic acid groups (broad SMARTS) is 1. The number of carbonyl (C=O) groups is 2. The first-order valence-electron chi connectivity index (χ1n) is 5.45. The Morgan fingerprint density at radius 1 is 1.10 bits per heavy atom. The van der Waals surface area contributed by atoms with Crippen molar-refractivity contribution in [2.45, 2.75) is 0 Å². The number of aromatic carboxylic acids is 1. The Labute approximate surface area is 118 Å². The molecule has 0 aliphatic rings. The summed E-state index contributed by atoms with van der Waals surface area (Å²) in [4.78, 5) is 30.3. The van der Waals surface area contributed by atoms with Gasteiger partial charge in [0.15, 0.2) is 5.15 Å². The normalized spacial score (nSPS) is 9.85. The smallest absolute Gasteiger partial charge is 0.339 e. The van der Waals surface area contributed by atoms with Gasteiger partial charge in [-0.3, -0.25) is 5.32 Å². The van der Waals surface area contributed by atoms with Gasteiger partial charge in [-0.15, -0.1) is 0 Å². The number of nitrogens with zero attached hydrogens (tertiary/aromatic N) is 2. The molecule has 0 aromatic carbocycles. The SMILES string of the molecule is O=C(Nc1cccnc1Cl)Nc1ncccc1C(=O)O. The number of halogens is 1. The highest BCUT2D eigenvalue weighted by atomic mass is 35.5. The number of carbonyl (C=O) groups excluding carboxylic acids is 1. The van der Waals surface area contributed by atoms with Crippen LogP contribution in [0.1, 0.15) is 10.4 Å². The highest BCUT2D eigenvalue weighted by Crippen LogP contribution is 2.18. The zero-order valence-electron chi connectivity index (χ0n) is 10.0. The third-order valence-electron chi connectivity index (χ3n) is 2.28. The van der Waals surface area contributed by atoms with Gasteiger partial charge in [-0.05, 0) is 24.3 Å².